The summed E-state index contributed by atoms with van der Waals surface area (Å²) < 4.78 is 11.0. The Bertz CT molecular complexity index is 889. The van der Waals surface area contributed by atoms with E-state index in [2.05, 4.69) is 12.2 Å². The Hall–Kier alpha value is -3.02. The molecule has 0 aromatic heterocycles. The summed E-state index contributed by atoms with van der Waals surface area (Å²) >= 11 is 0. The van der Waals surface area contributed by atoms with Gasteiger partial charge in [-0.1, -0.05) is 50.5 Å². The molecule has 1 atom stereocenters. The van der Waals surface area contributed by atoms with Gasteiger partial charge in [-0.25, -0.2) is 0 Å². The third kappa shape index (κ3) is 7.24. The first-order chi connectivity index (χ1) is 16.0. The number of benzene rings is 2. The molecular weight excluding hydrogens is 416 g/mol. The maximum absolute atomic E-state index is 13.2. The Balaban J connectivity index is 1.69. The van der Waals surface area contributed by atoms with Gasteiger partial charge in [0.15, 0.2) is 6.61 Å². The molecule has 1 unspecified atom stereocenters. The monoisotopic (exact) mass is 452 g/mol. The number of hydrogen-bond donors (Lipinski definition) is 1. The predicted octanol–water partition coefficient (Wildman–Crippen LogP) is 4.50. The first kappa shape index (κ1) is 24.6. The molecule has 1 aliphatic carbocycles. The average molecular weight is 453 g/mol. The highest BCUT2D eigenvalue weighted by Gasteiger charge is 2.28. The Kier molecular flexibility index (Phi) is 9.16. The molecule has 1 fully saturated rings. The van der Waals surface area contributed by atoms with Crippen LogP contribution in [0.2, 0.25) is 0 Å². The van der Waals surface area contributed by atoms with Gasteiger partial charge < -0.3 is 19.7 Å². The zero-order chi connectivity index (χ0) is 23.6. The molecule has 1 saturated carbocycles. The number of amides is 2. The number of nitrogens with zero attached hydrogens (tertiary/aromatic N) is 1. The van der Waals surface area contributed by atoms with E-state index in [-0.39, 0.29) is 24.5 Å². The fourth-order valence-corrected chi connectivity index (χ4v) is 4.13. The summed E-state index contributed by atoms with van der Waals surface area (Å²) in [5.74, 6) is 1.05. The van der Waals surface area contributed by atoms with E-state index in [1.165, 1.54) is 12.0 Å². The quantitative estimate of drug-likeness (QED) is 0.576. The zero-order valence-electron chi connectivity index (χ0n) is 20.0. The van der Waals surface area contributed by atoms with Crippen molar-refractivity contribution in [2.75, 3.05) is 13.7 Å². The van der Waals surface area contributed by atoms with Crippen molar-refractivity contribution in [2.45, 2.75) is 71.0 Å². The molecule has 6 heteroatoms. The molecule has 2 amide bonds. The Morgan fingerprint density at radius 3 is 2.18 bits per heavy atom. The van der Waals surface area contributed by atoms with Crippen molar-refractivity contribution in [3.8, 4) is 11.5 Å². The Morgan fingerprint density at radius 2 is 1.58 bits per heavy atom. The van der Waals surface area contributed by atoms with Crippen LogP contribution in [0.1, 0.15) is 57.1 Å². The van der Waals surface area contributed by atoms with E-state index in [9.17, 15) is 9.59 Å². The van der Waals surface area contributed by atoms with Crippen molar-refractivity contribution < 1.29 is 19.1 Å². The van der Waals surface area contributed by atoms with Gasteiger partial charge >= 0.3 is 0 Å². The van der Waals surface area contributed by atoms with Crippen molar-refractivity contribution >= 4 is 11.8 Å². The minimum atomic E-state index is -0.604. The number of nitrogens with one attached hydrogen (secondary N) is 1. The van der Waals surface area contributed by atoms with Gasteiger partial charge in [0.1, 0.15) is 17.5 Å². The number of carbonyl (C=O) groups is 2. The summed E-state index contributed by atoms with van der Waals surface area (Å²) in [6.45, 7) is 4.08. The van der Waals surface area contributed by atoms with Crippen LogP contribution in [0.4, 0.5) is 0 Å². The van der Waals surface area contributed by atoms with E-state index in [1.807, 2.05) is 48.5 Å². The predicted molar refractivity (Wildman–Crippen MR) is 129 cm³/mol. The standard InChI is InChI=1S/C27H36N2O4/c1-4-21-10-16-25(17-11-21)33-19-26(30)29(18-22-12-14-24(32-3)15-13-22)20(2)27(31)28-23-8-6-5-7-9-23/h10-17,20,23H,4-9,18-19H2,1-3H3,(H,28,31). The molecule has 0 saturated heterocycles. The van der Waals surface area contributed by atoms with Gasteiger partial charge in [-0.3, -0.25) is 9.59 Å². The highest BCUT2D eigenvalue weighted by molar-refractivity contribution is 5.88. The van der Waals surface area contributed by atoms with Gasteiger partial charge in [0, 0.05) is 12.6 Å². The van der Waals surface area contributed by atoms with Crippen LogP contribution >= 0.6 is 0 Å². The van der Waals surface area contributed by atoms with Crippen molar-refractivity contribution in [2.24, 2.45) is 0 Å². The van der Waals surface area contributed by atoms with Crippen LogP contribution in [0, 0.1) is 0 Å². The molecule has 0 bridgehead atoms. The van der Waals surface area contributed by atoms with Gasteiger partial charge in [0.2, 0.25) is 5.91 Å². The maximum atomic E-state index is 13.2. The molecule has 6 nitrogen and oxygen atoms in total. The fraction of sp³-hybridized carbons (Fsp3) is 0.481. The lowest BCUT2D eigenvalue weighted by Gasteiger charge is -2.31. The first-order valence-corrected chi connectivity index (χ1v) is 11.9. The Morgan fingerprint density at radius 1 is 0.970 bits per heavy atom. The van der Waals surface area contributed by atoms with Gasteiger partial charge in [-0.15, -0.1) is 0 Å². The number of rotatable bonds is 10. The number of carbonyl (C=O) groups excluding carboxylic acids is 2. The van der Waals surface area contributed by atoms with Gasteiger partial charge in [0.05, 0.1) is 7.11 Å². The van der Waals surface area contributed by atoms with Crippen LogP contribution < -0.4 is 14.8 Å². The highest BCUT2D eigenvalue weighted by atomic mass is 16.5. The molecule has 0 spiro atoms. The minimum absolute atomic E-state index is 0.115. The van der Waals surface area contributed by atoms with E-state index in [0.29, 0.717) is 12.3 Å². The molecule has 0 radical (unpaired) electrons. The van der Waals surface area contributed by atoms with Crippen LogP contribution in [0.5, 0.6) is 11.5 Å². The van der Waals surface area contributed by atoms with Crippen LogP contribution in [0.15, 0.2) is 48.5 Å². The van der Waals surface area contributed by atoms with Crippen molar-refractivity contribution in [3.63, 3.8) is 0 Å². The summed E-state index contributed by atoms with van der Waals surface area (Å²) in [6, 6.07) is 14.9. The van der Waals surface area contributed by atoms with Crippen LogP contribution in [-0.2, 0) is 22.6 Å². The van der Waals surface area contributed by atoms with Crippen LogP contribution in [0.25, 0.3) is 0 Å². The van der Waals surface area contributed by atoms with Gasteiger partial charge in [0.25, 0.3) is 5.91 Å². The van der Waals surface area contributed by atoms with Crippen LogP contribution in [0.3, 0.4) is 0 Å². The van der Waals surface area contributed by atoms with E-state index in [0.717, 1.165) is 43.4 Å². The maximum Gasteiger partial charge on any atom is 0.261 e. The lowest BCUT2D eigenvalue weighted by atomic mass is 9.95. The summed E-state index contributed by atoms with van der Waals surface area (Å²) in [7, 11) is 1.62. The molecule has 3 rings (SSSR count). The Labute approximate surface area is 197 Å². The largest absolute Gasteiger partial charge is 0.497 e. The fourth-order valence-electron chi connectivity index (χ4n) is 4.13. The smallest absolute Gasteiger partial charge is 0.261 e. The second-order valence-electron chi connectivity index (χ2n) is 8.68. The minimum Gasteiger partial charge on any atom is -0.497 e. The number of aryl methyl sites for hydroxylation is 1. The second-order valence-corrected chi connectivity index (χ2v) is 8.68. The molecule has 33 heavy (non-hydrogen) atoms. The number of ether oxygens (including phenoxy) is 2. The van der Waals surface area contributed by atoms with E-state index >= 15 is 0 Å². The normalized spacial score (nSPS) is 14.9. The van der Waals surface area contributed by atoms with E-state index in [1.54, 1.807) is 18.9 Å². The van der Waals surface area contributed by atoms with Crippen molar-refractivity contribution in [3.05, 3.63) is 59.7 Å². The highest BCUT2D eigenvalue weighted by Crippen LogP contribution is 2.19. The van der Waals surface area contributed by atoms with E-state index in [4.69, 9.17) is 9.47 Å². The first-order valence-electron chi connectivity index (χ1n) is 11.9. The molecule has 0 heterocycles. The molecule has 178 valence electrons. The molecule has 1 N–H and O–H groups in total. The molecule has 1 aliphatic rings. The molecule has 2 aromatic rings. The number of hydrogen-bond acceptors (Lipinski definition) is 4. The third-order valence-electron chi connectivity index (χ3n) is 6.32. The molecular formula is C27H36N2O4. The topological polar surface area (TPSA) is 67.9 Å². The average Bonchev–Trinajstić information content (AvgIpc) is 2.86. The van der Waals surface area contributed by atoms with Crippen molar-refractivity contribution in [1.82, 2.24) is 10.2 Å². The zero-order valence-corrected chi connectivity index (χ0v) is 20.0. The molecule has 0 aliphatic heterocycles. The SMILES string of the molecule is CCc1ccc(OCC(=O)N(Cc2ccc(OC)cc2)C(C)C(=O)NC2CCCCC2)cc1. The second kappa shape index (κ2) is 12.3. The van der Waals surface area contributed by atoms with E-state index < -0.39 is 6.04 Å². The summed E-state index contributed by atoms with van der Waals surface area (Å²) in [6.07, 6.45) is 6.45. The number of methoxy groups -OCH3 is 1. The summed E-state index contributed by atoms with van der Waals surface area (Å²) in [5.41, 5.74) is 2.14. The lowest BCUT2D eigenvalue weighted by Crippen LogP contribution is -2.51. The summed E-state index contributed by atoms with van der Waals surface area (Å²) in [5, 5.41) is 3.15. The molecule has 2 aromatic carbocycles. The third-order valence-corrected chi connectivity index (χ3v) is 6.32. The van der Waals surface area contributed by atoms with Crippen molar-refractivity contribution in [1.29, 1.82) is 0 Å². The van der Waals surface area contributed by atoms with Crippen LogP contribution in [-0.4, -0.2) is 42.5 Å². The summed E-state index contributed by atoms with van der Waals surface area (Å²) in [4.78, 5) is 27.8. The van der Waals surface area contributed by atoms with Gasteiger partial charge in [-0.2, -0.15) is 0 Å². The lowest BCUT2D eigenvalue weighted by molar-refractivity contribution is -0.142. The van der Waals surface area contributed by atoms with Gasteiger partial charge in [-0.05, 0) is 61.6 Å².